The number of nitrogens with zero attached hydrogens (tertiary/aromatic N) is 2. The molecule has 0 amide bonds. The predicted molar refractivity (Wildman–Crippen MR) is 80.4 cm³/mol. The molecule has 1 heterocycles. The SMILES string of the molecule is Cc1ccc(OCCC(C#N)c2c(C)noc2C)cc1C. The number of ether oxygens (including phenoxy) is 1. The normalized spacial score (nSPS) is 12.0. The molecular formula is C17H20N2O2. The van der Waals surface area contributed by atoms with Gasteiger partial charge in [-0.2, -0.15) is 5.26 Å². The number of benzene rings is 1. The van der Waals surface area contributed by atoms with Gasteiger partial charge in [0.1, 0.15) is 11.5 Å². The molecule has 0 aliphatic carbocycles. The first-order valence-corrected chi connectivity index (χ1v) is 7.05. The average molecular weight is 284 g/mol. The van der Waals surface area contributed by atoms with E-state index in [2.05, 4.69) is 25.1 Å². The van der Waals surface area contributed by atoms with Gasteiger partial charge >= 0.3 is 0 Å². The summed E-state index contributed by atoms with van der Waals surface area (Å²) in [6.07, 6.45) is 0.617. The Kier molecular flexibility index (Phi) is 4.64. The van der Waals surface area contributed by atoms with Crippen LogP contribution in [0.15, 0.2) is 22.7 Å². The van der Waals surface area contributed by atoms with Gasteiger partial charge in [-0.3, -0.25) is 0 Å². The fourth-order valence-corrected chi connectivity index (χ4v) is 2.36. The van der Waals surface area contributed by atoms with Crippen LogP contribution in [0.25, 0.3) is 0 Å². The average Bonchev–Trinajstić information content (AvgIpc) is 2.79. The predicted octanol–water partition coefficient (Wildman–Crippen LogP) is 3.98. The van der Waals surface area contributed by atoms with E-state index in [0.717, 1.165) is 17.0 Å². The van der Waals surface area contributed by atoms with Crippen molar-refractivity contribution in [1.29, 1.82) is 5.26 Å². The van der Waals surface area contributed by atoms with E-state index < -0.39 is 0 Å². The highest BCUT2D eigenvalue weighted by molar-refractivity contribution is 5.34. The lowest BCUT2D eigenvalue weighted by atomic mass is 9.96. The molecule has 0 saturated heterocycles. The second-order valence-corrected chi connectivity index (χ2v) is 5.30. The van der Waals surface area contributed by atoms with Gasteiger partial charge in [0.25, 0.3) is 0 Å². The lowest BCUT2D eigenvalue weighted by Gasteiger charge is -2.11. The van der Waals surface area contributed by atoms with Gasteiger partial charge in [0.05, 0.1) is 24.3 Å². The molecule has 0 fully saturated rings. The zero-order chi connectivity index (χ0) is 15.4. The molecular weight excluding hydrogens is 264 g/mol. The number of hydrogen-bond donors (Lipinski definition) is 0. The summed E-state index contributed by atoms with van der Waals surface area (Å²) in [5, 5.41) is 13.3. The van der Waals surface area contributed by atoms with E-state index in [0.29, 0.717) is 18.8 Å². The molecule has 0 radical (unpaired) electrons. The van der Waals surface area contributed by atoms with Crippen molar-refractivity contribution in [2.75, 3.05) is 6.61 Å². The number of hydrogen-bond acceptors (Lipinski definition) is 4. The third-order valence-electron chi connectivity index (χ3n) is 3.75. The van der Waals surface area contributed by atoms with E-state index in [-0.39, 0.29) is 5.92 Å². The molecule has 1 aromatic heterocycles. The topological polar surface area (TPSA) is 59.0 Å². The van der Waals surface area contributed by atoms with Gasteiger partial charge in [0, 0.05) is 12.0 Å². The van der Waals surface area contributed by atoms with Crippen molar-refractivity contribution >= 4 is 0 Å². The highest BCUT2D eigenvalue weighted by Gasteiger charge is 2.20. The van der Waals surface area contributed by atoms with Gasteiger partial charge in [0.15, 0.2) is 0 Å². The van der Waals surface area contributed by atoms with Crippen LogP contribution in [0.4, 0.5) is 0 Å². The lowest BCUT2D eigenvalue weighted by molar-refractivity contribution is 0.305. The molecule has 2 aromatic rings. The minimum atomic E-state index is -0.247. The standard InChI is InChI=1S/C17H20N2O2/c1-11-5-6-16(9-12(11)2)20-8-7-15(10-18)17-13(3)19-21-14(17)4/h5-6,9,15H,7-8H2,1-4H3. The Balaban J connectivity index is 1.98. The molecule has 0 saturated carbocycles. The molecule has 0 spiro atoms. The van der Waals surface area contributed by atoms with E-state index in [1.165, 1.54) is 11.1 Å². The van der Waals surface area contributed by atoms with Crippen molar-refractivity contribution in [3.8, 4) is 11.8 Å². The number of aryl methyl sites for hydroxylation is 4. The van der Waals surface area contributed by atoms with E-state index >= 15 is 0 Å². The zero-order valence-electron chi connectivity index (χ0n) is 12.9. The third-order valence-corrected chi connectivity index (χ3v) is 3.75. The van der Waals surface area contributed by atoms with Crippen LogP contribution >= 0.6 is 0 Å². The molecule has 1 unspecified atom stereocenters. The molecule has 21 heavy (non-hydrogen) atoms. The van der Waals surface area contributed by atoms with Crippen LogP contribution in [0, 0.1) is 39.0 Å². The Morgan fingerprint density at radius 1 is 1.24 bits per heavy atom. The lowest BCUT2D eigenvalue weighted by Crippen LogP contribution is -2.06. The molecule has 0 N–H and O–H groups in total. The first kappa shape index (κ1) is 15.1. The first-order chi connectivity index (χ1) is 10.0. The van der Waals surface area contributed by atoms with E-state index in [4.69, 9.17) is 9.26 Å². The maximum atomic E-state index is 9.35. The van der Waals surface area contributed by atoms with E-state index in [9.17, 15) is 5.26 Å². The van der Waals surface area contributed by atoms with Crippen molar-refractivity contribution in [2.45, 2.75) is 40.0 Å². The maximum absolute atomic E-state index is 9.35. The largest absolute Gasteiger partial charge is 0.494 e. The van der Waals surface area contributed by atoms with Crippen LogP contribution in [0.5, 0.6) is 5.75 Å². The highest BCUT2D eigenvalue weighted by Crippen LogP contribution is 2.26. The smallest absolute Gasteiger partial charge is 0.138 e. The number of nitriles is 1. The number of aromatic nitrogens is 1. The Hall–Kier alpha value is -2.28. The van der Waals surface area contributed by atoms with Crippen LogP contribution in [0.3, 0.4) is 0 Å². The summed E-state index contributed by atoms with van der Waals surface area (Å²) in [7, 11) is 0. The van der Waals surface area contributed by atoms with Crippen LogP contribution in [0.2, 0.25) is 0 Å². The van der Waals surface area contributed by atoms with E-state index in [1.807, 2.05) is 32.0 Å². The van der Waals surface area contributed by atoms with Crippen molar-refractivity contribution in [3.63, 3.8) is 0 Å². The van der Waals surface area contributed by atoms with Crippen molar-refractivity contribution in [1.82, 2.24) is 5.16 Å². The van der Waals surface area contributed by atoms with Crippen LogP contribution in [-0.4, -0.2) is 11.8 Å². The van der Waals surface area contributed by atoms with Gasteiger partial charge in [0.2, 0.25) is 0 Å². The summed E-state index contributed by atoms with van der Waals surface area (Å²) in [5.41, 5.74) is 4.12. The summed E-state index contributed by atoms with van der Waals surface area (Å²) >= 11 is 0. The number of rotatable bonds is 5. The summed E-state index contributed by atoms with van der Waals surface area (Å²) < 4.78 is 10.9. The molecule has 1 aromatic carbocycles. The third kappa shape index (κ3) is 3.43. The second-order valence-electron chi connectivity index (χ2n) is 5.30. The molecule has 4 nitrogen and oxygen atoms in total. The van der Waals surface area contributed by atoms with Crippen LogP contribution < -0.4 is 4.74 Å². The van der Waals surface area contributed by atoms with Gasteiger partial charge < -0.3 is 9.26 Å². The molecule has 0 aliphatic rings. The minimum Gasteiger partial charge on any atom is -0.494 e. The summed E-state index contributed by atoms with van der Waals surface area (Å²) in [5.74, 6) is 1.31. The van der Waals surface area contributed by atoms with Gasteiger partial charge in [-0.05, 0) is 51.0 Å². The fourth-order valence-electron chi connectivity index (χ4n) is 2.36. The van der Waals surface area contributed by atoms with Crippen molar-refractivity contribution < 1.29 is 9.26 Å². The van der Waals surface area contributed by atoms with Crippen molar-refractivity contribution in [2.24, 2.45) is 0 Å². The molecule has 0 bridgehead atoms. The molecule has 2 rings (SSSR count). The second kappa shape index (κ2) is 6.45. The highest BCUT2D eigenvalue weighted by atomic mass is 16.5. The molecule has 1 atom stereocenters. The minimum absolute atomic E-state index is 0.247. The zero-order valence-corrected chi connectivity index (χ0v) is 12.9. The van der Waals surface area contributed by atoms with E-state index in [1.54, 1.807) is 0 Å². The Morgan fingerprint density at radius 3 is 2.57 bits per heavy atom. The molecule has 4 heteroatoms. The molecule has 0 aliphatic heterocycles. The first-order valence-electron chi connectivity index (χ1n) is 7.05. The Labute approximate surface area is 125 Å². The van der Waals surface area contributed by atoms with Crippen LogP contribution in [-0.2, 0) is 0 Å². The Morgan fingerprint density at radius 2 is 2.00 bits per heavy atom. The summed E-state index contributed by atoms with van der Waals surface area (Å²) in [4.78, 5) is 0. The van der Waals surface area contributed by atoms with Gasteiger partial charge in [-0.15, -0.1) is 0 Å². The fraction of sp³-hybridized carbons (Fsp3) is 0.412. The maximum Gasteiger partial charge on any atom is 0.138 e. The van der Waals surface area contributed by atoms with Crippen molar-refractivity contribution in [3.05, 3.63) is 46.3 Å². The summed E-state index contributed by atoms with van der Waals surface area (Å²) in [6, 6.07) is 8.33. The van der Waals surface area contributed by atoms with Gasteiger partial charge in [-0.25, -0.2) is 0 Å². The molecule has 110 valence electrons. The Bertz CT molecular complexity index is 648. The summed E-state index contributed by atoms with van der Waals surface area (Å²) in [6.45, 7) is 8.32. The van der Waals surface area contributed by atoms with Gasteiger partial charge in [-0.1, -0.05) is 11.2 Å². The monoisotopic (exact) mass is 284 g/mol. The quantitative estimate of drug-likeness (QED) is 0.833. The van der Waals surface area contributed by atoms with Crippen LogP contribution in [0.1, 0.15) is 40.5 Å².